The third-order valence-corrected chi connectivity index (χ3v) is 4.16. The Morgan fingerprint density at radius 3 is 2.00 bits per heavy atom. The number of ether oxygens (including phenoxy) is 4. The predicted molar refractivity (Wildman–Crippen MR) is 99.1 cm³/mol. The van der Waals surface area contributed by atoms with Crippen molar-refractivity contribution >= 4 is 0 Å². The normalized spacial score (nSPS) is 11.7. The molecule has 5 nitrogen and oxygen atoms in total. The maximum Gasteiger partial charge on any atom is 0.130 e. The molecular formula is C20H27NO4. The van der Waals surface area contributed by atoms with E-state index in [4.69, 9.17) is 18.9 Å². The number of hydrogen-bond acceptors (Lipinski definition) is 5. The summed E-state index contributed by atoms with van der Waals surface area (Å²) in [4.78, 5) is 0. The summed E-state index contributed by atoms with van der Waals surface area (Å²) in [6, 6.07) is 12.1. The molecule has 0 aliphatic rings. The molecule has 0 heterocycles. The van der Waals surface area contributed by atoms with Gasteiger partial charge < -0.3 is 24.3 Å². The number of rotatable bonds is 9. The summed E-state index contributed by atoms with van der Waals surface area (Å²) in [5, 5.41) is 3.53. The maximum absolute atomic E-state index is 5.50. The Bertz CT molecular complexity index is 662. The van der Waals surface area contributed by atoms with Crippen LogP contribution >= 0.6 is 0 Å². The summed E-state index contributed by atoms with van der Waals surface area (Å²) in [6.07, 6.45) is 0.866. The Labute approximate surface area is 149 Å². The van der Waals surface area contributed by atoms with Crippen LogP contribution in [0.15, 0.2) is 36.4 Å². The molecule has 0 aromatic heterocycles. The van der Waals surface area contributed by atoms with Gasteiger partial charge in [0.1, 0.15) is 23.0 Å². The van der Waals surface area contributed by atoms with Crippen molar-refractivity contribution in [3.05, 3.63) is 47.5 Å². The van der Waals surface area contributed by atoms with Crippen LogP contribution in [0.4, 0.5) is 0 Å². The molecule has 0 saturated carbocycles. The Kier molecular flexibility index (Phi) is 6.95. The van der Waals surface area contributed by atoms with Crippen molar-refractivity contribution in [3.8, 4) is 23.0 Å². The van der Waals surface area contributed by atoms with E-state index in [0.29, 0.717) is 12.3 Å². The Morgan fingerprint density at radius 2 is 1.44 bits per heavy atom. The molecule has 5 heteroatoms. The van der Waals surface area contributed by atoms with Crippen LogP contribution in [0, 0.1) is 0 Å². The lowest BCUT2D eigenvalue weighted by Gasteiger charge is -2.19. The second-order valence-corrected chi connectivity index (χ2v) is 5.81. The van der Waals surface area contributed by atoms with Gasteiger partial charge in [-0.2, -0.15) is 0 Å². The third-order valence-electron chi connectivity index (χ3n) is 4.16. The van der Waals surface area contributed by atoms with Crippen LogP contribution in [-0.4, -0.2) is 34.5 Å². The van der Waals surface area contributed by atoms with E-state index >= 15 is 0 Å². The lowest BCUT2D eigenvalue weighted by atomic mass is 10.1. The first-order valence-electron chi connectivity index (χ1n) is 8.27. The van der Waals surface area contributed by atoms with Gasteiger partial charge in [-0.3, -0.25) is 0 Å². The Morgan fingerprint density at radius 1 is 0.840 bits per heavy atom. The number of methoxy groups -OCH3 is 4. The van der Waals surface area contributed by atoms with Crippen LogP contribution in [0.2, 0.25) is 0 Å². The van der Waals surface area contributed by atoms with E-state index in [-0.39, 0.29) is 6.04 Å². The molecule has 0 spiro atoms. The van der Waals surface area contributed by atoms with Crippen LogP contribution in [-0.2, 0) is 13.0 Å². The molecular weight excluding hydrogens is 318 g/mol. The van der Waals surface area contributed by atoms with Crippen molar-refractivity contribution in [3.63, 3.8) is 0 Å². The molecule has 1 unspecified atom stereocenters. The highest BCUT2D eigenvalue weighted by Crippen LogP contribution is 2.34. The van der Waals surface area contributed by atoms with Crippen molar-refractivity contribution in [1.82, 2.24) is 5.32 Å². The number of nitrogens with one attached hydrogen (secondary N) is 1. The van der Waals surface area contributed by atoms with Gasteiger partial charge in [0.15, 0.2) is 0 Å². The van der Waals surface area contributed by atoms with E-state index in [9.17, 15) is 0 Å². The van der Waals surface area contributed by atoms with E-state index < -0.39 is 0 Å². The summed E-state index contributed by atoms with van der Waals surface area (Å²) in [5.41, 5.74) is 2.15. The largest absolute Gasteiger partial charge is 0.496 e. The second kappa shape index (κ2) is 9.18. The zero-order valence-corrected chi connectivity index (χ0v) is 15.6. The molecule has 25 heavy (non-hydrogen) atoms. The highest BCUT2D eigenvalue weighted by atomic mass is 16.5. The molecule has 2 rings (SSSR count). The van der Waals surface area contributed by atoms with Gasteiger partial charge >= 0.3 is 0 Å². The van der Waals surface area contributed by atoms with E-state index in [1.165, 1.54) is 5.56 Å². The molecule has 0 bridgehead atoms. The smallest absolute Gasteiger partial charge is 0.130 e. The van der Waals surface area contributed by atoms with Crippen molar-refractivity contribution in [1.29, 1.82) is 0 Å². The van der Waals surface area contributed by atoms with Gasteiger partial charge in [-0.1, -0.05) is 18.2 Å². The quantitative estimate of drug-likeness (QED) is 0.754. The summed E-state index contributed by atoms with van der Waals surface area (Å²) in [5.74, 6) is 3.11. The number of hydrogen-bond donors (Lipinski definition) is 1. The van der Waals surface area contributed by atoms with Crippen LogP contribution in [0.3, 0.4) is 0 Å². The van der Waals surface area contributed by atoms with Crippen molar-refractivity contribution in [2.24, 2.45) is 0 Å². The molecule has 2 aromatic carbocycles. The minimum absolute atomic E-state index is 0.257. The maximum atomic E-state index is 5.50. The van der Waals surface area contributed by atoms with Gasteiger partial charge in [0.25, 0.3) is 0 Å². The van der Waals surface area contributed by atoms with Crippen molar-refractivity contribution in [2.75, 3.05) is 28.4 Å². The highest BCUT2D eigenvalue weighted by Gasteiger charge is 2.15. The summed E-state index contributed by atoms with van der Waals surface area (Å²) in [7, 11) is 6.62. The fourth-order valence-electron chi connectivity index (χ4n) is 2.80. The van der Waals surface area contributed by atoms with Gasteiger partial charge in [-0.15, -0.1) is 0 Å². The summed E-state index contributed by atoms with van der Waals surface area (Å²) >= 11 is 0. The van der Waals surface area contributed by atoms with Crippen LogP contribution in [0.5, 0.6) is 23.0 Å². The lowest BCUT2D eigenvalue weighted by molar-refractivity contribution is 0.364. The zero-order chi connectivity index (χ0) is 18.2. The fraction of sp³-hybridized carbons (Fsp3) is 0.400. The van der Waals surface area contributed by atoms with Crippen molar-refractivity contribution in [2.45, 2.75) is 25.9 Å². The molecule has 0 aliphatic heterocycles. The van der Waals surface area contributed by atoms with E-state index in [0.717, 1.165) is 29.2 Å². The Balaban J connectivity index is 2.09. The first-order chi connectivity index (χ1) is 12.1. The van der Waals surface area contributed by atoms with E-state index in [2.05, 4.69) is 18.3 Å². The van der Waals surface area contributed by atoms with Crippen LogP contribution in [0.1, 0.15) is 18.1 Å². The van der Waals surface area contributed by atoms with Gasteiger partial charge in [0, 0.05) is 24.7 Å². The zero-order valence-electron chi connectivity index (χ0n) is 15.6. The minimum atomic E-state index is 0.257. The summed E-state index contributed by atoms with van der Waals surface area (Å²) < 4.78 is 21.7. The fourth-order valence-corrected chi connectivity index (χ4v) is 2.80. The molecule has 1 N–H and O–H groups in total. The van der Waals surface area contributed by atoms with Crippen LogP contribution < -0.4 is 24.3 Å². The molecule has 0 saturated heterocycles. The van der Waals surface area contributed by atoms with Crippen molar-refractivity contribution < 1.29 is 18.9 Å². The molecule has 0 aliphatic carbocycles. The molecule has 2 aromatic rings. The molecule has 1 atom stereocenters. The van der Waals surface area contributed by atoms with Gasteiger partial charge in [-0.25, -0.2) is 0 Å². The SMILES string of the molecule is COc1cc(OC)c(CNC(C)Cc2ccccc2OC)c(OC)c1. The van der Waals surface area contributed by atoms with E-state index in [1.54, 1.807) is 28.4 Å². The first-order valence-corrected chi connectivity index (χ1v) is 8.27. The molecule has 136 valence electrons. The minimum Gasteiger partial charge on any atom is -0.496 e. The van der Waals surface area contributed by atoms with Gasteiger partial charge in [0.05, 0.1) is 34.0 Å². The van der Waals surface area contributed by atoms with Gasteiger partial charge in [0.2, 0.25) is 0 Å². The molecule has 0 radical (unpaired) electrons. The number of benzene rings is 2. The number of para-hydroxylation sites is 1. The predicted octanol–water partition coefficient (Wildman–Crippen LogP) is 3.44. The molecule has 0 amide bonds. The van der Waals surface area contributed by atoms with Gasteiger partial charge in [-0.05, 0) is 25.0 Å². The lowest BCUT2D eigenvalue weighted by Crippen LogP contribution is -2.28. The third kappa shape index (κ3) is 4.79. The highest BCUT2D eigenvalue weighted by molar-refractivity contribution is 5.50. The summed E-state index contributed by atoms with van der Waals surface area (Å²) in [6.45, 7) is 2.78. The first kappa shape index (κ1) is 18.9. The average molecular weight is 345 g/mol. The topological polar surface area (TPSA) is 49.0 Å². The monoisotopic (exact) mass is 345 g/mol. The second-order valence-electron chi connectivity index (χ2n) is 5.81. The Hall–Kier alpha value is -2.40. The van der Waals surface area contributed by atoms with E-state index in [1.807, 2.05) is 30.3 Å². The molecule has 0 fully saturated rings. The standard InChI is InChI=1S/C20H27NO4/c1-14(10-15-8-6-7-9-18(15)23-3)21-13-17-19(24-4)11-16(22-2)12-20(17)25-5/h6-9,11-12,14,21H,10,13H2,1-5H3. The van der Waals surface area contributed by atoms with Crippen LogP contribution in [0.25, 0.3) is 0 Å². The average Bonchev–Trinajstić information content (AvgIpc) is 2.65.